The largest absolute Gasteiger partial charge is 0.320 e. The summed E-state index contributed by atoms with van der Waals surface area (Å²) in [7, 11) is 0. The Morgan fingerprint density at radius 2 is 2.00 bits per heavy atom. The maximum atomic E-state index is 13.3. The third-order valence-corrected chi connectivity index (χ3v) is 3.63. The maximum Gasteiger partial charge on any atom is 0.278 e. The fraction of sp³-hybridized carbons (Fsp3) is 0.0625. The molecule has 24 heavy (non-hydrogen) atoms. The minimum absolute atomic E-state index is 0.0692. The Kier molecular flexibility index (Phi) is 4.26. The SMILES string of the molecule is Cc1c(C(=O)Nc2ccc(F)c(Cl)c2)nnn1-c1cccc(F)c1. The summed E-state index contributed by atoms with van der Waals surface area (Å²) in [5, 5.41) is 10.2. The van der Waals surface area contributed by atoms with Crippen LogP contribution in [0.3, 0.4) is 0 Å². The molecule has 0 spiro atoms. The molecule has 0 fully saturated rings. The van der Waals surface area contributed by atoms with Gasteiger partial charge in [-0.2, -0.15) is 0 Å². The lowest BCUT2D eigenvalue weighted by Crippen LogP contribution is -2.14. The van der Waals surface area contributed by atoms with Crippen LogP contribution in [0.2, 0.25) is 5.02 Å². The molecule has 0 aliphatic carbocycles. The molecule has 0 unspecified atom stereocenters. The number of carbonyl (C=O) groups excluding carboxylic acids is 1. The Morgan fingerprint density at radius 1 is 1.21 bits per heavy atom. The van der Waals surface area contributed by atoms with Crippen molar-refractivity contribution in [1.29, 1.82) is 0 Å². The van der Waals surface area contributed by atoms with Crippen molar-refractivity contribution in [3.05, 3.63) is 70.5 Å². The molecule has 8 heteroatoms. The molecule has 1 heterocycles. The molecule has 0 bridgehead atoms. The van der Waals surface area contributed by atoms with E-state index < -0.39 is 17.5 Å². The summed E-state index contributed by atoms with van der Waals surface area (Å²) in [6.07, 6.45) is 0. The molecule has 0 aliphatic rings. The molecule has 3 rings (SSSR count). The van der Waals surface area contributed by atoms with Gasteiger partial charge < -0.3 is 5.32 Å². The third kappa shape index (κ3) is 3.11. The number of carbonyl (C=O) groups is 1. The van der Waals surface area contributed by atoms with Gasteiger partial charge in [0.15, 0.2) is 5.69 Å². The Bertz CT molecular complexity index is 926. The van der Waals surface area contributed by atoms with Crippen LogP contribution in [0.4, 0.5) is 14.5 Å². The number of aromatic nitrogens is 3. The lowest BCUT2D eigenvalue weighted by Gasteiger charge is -2.06. The number of nitrogens with one attached hydrogen (secondary N) is 1. The minimum Gasteiger partial charge on any atom is -0.320 e. The van der Waals surface area contributed by atoms with Gasteiger partial charge in [0, 0.05) is 5.69 Å². The van der Waals surface area contributed by atoms with E-state index >= 15 is 0 Å². The first-order valence-corrected chi connectivity index (χ1v) is 7.28. The molecule has 1 amide bonds. The Morgan fingerprint density at radius 3 is 2.71 bits per heavy atom. The predicted molar refractivity (Wildman–Crippen MR) is 85.4 cm³/mol. The van der Waals surface area contributed by atoms with Crippen molar-refractivity contribution in [3.63, 3.8) is 0 Å². The van der Waals surface area contributed by atoms with Crippen LogP contribution in [-0.2, 0) is 0 Å². The van der Waals surface area contributed by atoms with Crippen LogP contribution in [0.15, 0.2) is 42.5 Å². The first-order chi connectivity index (χ1) is 11.5. The molecule has 1 aromatic heterocycles. The van der Waals surface area contributed by atoms with E-state index in [1.807, 2.05) is 0 Å². The van der Waals surface area contributed by atoms with Crippen molar-refractivity contribution >= 4 is 23.2 Å². The molecule has 0 atom stereocenters. The first kappa shape index (κ1) is 16.1. The van der Waals surface area contributed by atoms with Gasteiger partial charge >= 0.3 is 0 Å². The summed E-state index contributed by atoms with van der Waals surface area (Å²) in [6, 6.07) is 9.59. The van der Waals surface area contributed by atoms with Gasteiger partial charge in [0.2, 0.25) is 0 Å². The molecule has 2 aromatic carbocycles. The normalized spacial score (nSPS) is 10.7. The van der Waals surface area contributed by atoms with Gasteiger partial charge in [-0.3, -0.25) is 4.79 Å². The van der Waals surface area contributed by atoms with Gasteiger partial charge in [-0.05, 0) is 43.3 Å². The van der Waals surface area contributed by atoms with Gasteiger partial charge in [-0.1, -0.05) is 22.9 Å². The zero-order chi connectivity index (χ0) is 17.3. The van der Waals surface area contributed by atoms with E-state index in [9.17, 15) is 13.6 Å². The quantitative estimate of drug-likeness (QED) is 0.784. The van der Waals surface area contributed by atoms with E-state index in [0.29, 0.717) is 17.1 Å². The molecule has 5 nitrogen and oxygen atoms in total. The second kappa shape index (κ2) is 6.37. The smallest absolute Gasteiger partial charge is 0.278 e. The van der Waals surface area contributed by atoms with E-state index in [4.69, 9.17) is 11.6 Å². The number of amides is 1. The van der Waals surface area contributed by atoms with E-state index in [-0.39, 0.29) is 10.7 Å². The summed E-state index contributed by atoms with van der Waals surface area (Å²) in [4.78, 5) is 12.3. The summed E-state index contributed by atoms with van der Waals surface area (Å²) in [5.41, 5.74) is 1.28. The number of anilines is 1. The maximum absolute atomic E-state index is 13.3. The number of nitrogens with zero attached hydrogens (tertiary/aromatic N) is 3. The number of hydrogen-bond donors (Lipinski definition) is 1. The predicted octanol–water partition coefficient (Wildman–Crippen LogP) is 3.76. The summed E-state index contributed by atoms with van der Waals surface area (Å²) in [5.74, 6) is -1.53. The minimum atomic E-state index is -0.581. The average Bonchev–Trinajstić information content (AvgIpc) is 2.93. The van der Waals surface area contributed by atoms with Gasteiger partial charge in [-0.25, -0.2) is 13.5 Å². The van der Waals surface area contributed by atoms with E-state index in [2.05, 4.69) is 15.6 Å². The third-order valence-electron chi connectivity index (χ3n) is 3.34. The molecule has 0 radical (unpaired) electrons. The number of hydrogen-bond acceptors (Lipinski definition) is 3. The molecule has 0 aliphatic heterocycles. The highest BCUT2D eigenvalue weighted by molar-refractivity contribution is 6.31. The average molecular weight is 349 g/mol. The molecule has 3 aromatic rings. The van der Waals surface area contributed by atoms with Crippen molar-refractivity contribution in [2.24, 2.45) is 0 Å². The highest BCUT2D eigenvalue weighted by atomic mass is 35.5. The van der Waals surface area contributed by atoms with Crippen LogP contribution < -0.4 is 5.32 Å². The van der Waals surface area contributed by atoms with Crippen LogP contribution in [0.25, 0.3) is 5.69 Å². The van der Waals surface area contributed by atoms with Crippen LogP contribution >= 0.6 is 11.6 Å². The summed E-state index contributed by atoms with van der Waals surface area (Å²) in [6.45, 7) is 1.64. The second-order valence-corrected chi connectivity index (χ2v) is 5.41. The lowest BCUT2D eigenvalue weighted by molar-refractivity contribution is 0.102. The van der Waals surface area contributed by atoms with Crippen molar-refractivity contribution in [3.8, 4) is 5.69 Å². The van der Waals surface area contributed by atoms with Crippen LogP contribution in [0.5, 0.6) is 0 Å². The molecule has 0 saturated heterocycles. The topological polar surface area (TPSA) is 59.8 Å². The zero-order valence-electron chi connectivity index (χ0n) is 12.4. The second-order valence-electron chi connectivity index (χ2n) is 5.00. The van der Waals surface area contributed by atoms with Crippen molar-refractivity contribution in [2.45, 2.75) is 6.92 Å². The van der Waals surface area contributed by atoms with Crippen LogP contribution in [0.1, 0.15) is 16.2 Å². The van der Waals surface area contributed by atoms with Crippen molar-refractivity contribution < 1.29 is 13.6 Å². The number of benzene rings is 2. The van der Waals surface area contributed by atoms with Crippen LogP contribution in [0, 0.1) is 18.6 Å². The van der Waals surface area contributed by atoms with Gasteiger partial charge in [-0.15, -0.1) is 5.10 Å². The van der Waals surface area contributed by atoms with Gasteiger partial charge in [0.1, 0.15) is 11.6 Å². The summed E-state index contributed by atoms with van der Waals surface area (Å²) >= 11 is 5.68. The molecular formula is C16H11ClF2N4O. The molecule has 122 valence electrons. The fourth-order valence-electron chi connectivity index (χ4n) is 2.16. The lowest BCUT2D eigenvalue weighted by atomic mass is 10.2. The monoisotopic (exact) mass is 348 g/mol. The summed E-state index contributed by atoms with van der Waals surface area (Å²) < 4.78 is 27.8. The Hall–Kier alpha value is -2.80. The van der Waals surface area contributed by atoms with Crippen molar-refractivity contribution in [2.75, 3.05) is 5.32 Å². The van der Waals surface area contributed by atoms with E-state index in [0.717, 1.165) is 6.07 Å². The number of halogens is 3. The van der Waals surface area contributed by atoms with Gasteiger partial charge in [0.25, 0.3) is 5.91 Å². The Labute approximate surface area is 140 Å². The molecule has 0 saturated carbocycles. The van der Waals surface area contributed by atoms with E-state index in [1.165, 1.54) is 35.0 Å². The highest BCUT2D eigenvalue weighted by Gasteiger charge is 2.18. The molecule has 1 N–H and O–H groups in total. The number of rotatable bonds is 3. The highest BCUT2D eigenvalue weighted by Crippen LogP contribution is 2.20. The van der Waals surface area contributed by atoms with Crippen molar-refractivity contribution in [1.82, 2.24) is 15.0 Å². The van der Waals surface area contributed by atoms with Crippen LogP contribution in [-0.4, -0.2) is 20.9 Å². The van der Waals surface area contributed by atoms with Gasteiger partial charge in [0.05, 0.1) is 16.4 Å². The molecular weight excluding hydrogens is 338 g/mol. The Balaban J connectivity index is 1.87. The van der Waals surface area contributed by atoms with E-state index in [1.54, 1.807) is 13.0 Å². The fourth-order valence-corrected chi connectivity index (χ4v) is 2.34. The first-order valence-electron chi connectivity index (χ1n) is 6.90. The zero-order valence-corrected chi connectivity index (χ0v) is 13.2. The standard InChI is InChI=1S/C16H11ClF2N4O/c1-9-15(16(24)20-11-5-6-14(19)13(17)8-11)21-22-23(9)12-4-2-3-10(18)7-12/h2-8H,1H3,(H,20,24).